The van der Waals surface area contributed by atoms with Gasteiger partial charge in [0.2, 0.25) is 0 Å². The molecule has 1 aromatic carbocycles. The first-order valence-corrected chi connectivity index (χ1v) is 15.6. The summed E-state index contributed by atoms with van der Waals surface area (Å²) in [5.41, 5.74) is 5.29. The van der Waals surface area contributed by atoms with Gasteiger partial charge in [0.15, 0.2) is 0 Å². The second kappa shape index (κ2) is 9.22. The third kappa shape index (κ3) is 3.46. The molecular weight excluding hydrogens is 519 g/mol. The van der Waals surface area contributed by atoms with Crippen molar-refractivity contribution in [1.82, 2.24) is 9.78 Å². The number of fused-ring (bicyclic) bond motifs is 8. The highest BCUT2D eigenvalue weighted by atomic mass is 19.1. The van der Waals surface area contributed by atoms with E-state index in [-0.39, 0.29) is 33.6 Å². The molecule has 6 aliphatic rings. The summed E-state index contributed by atoms with van der Waals surface area (Å²) in [4.78, 5) is 0. The minimum absolute atomic E-state index is 0.00238. The zero-order chi connectivity index (χ0) is 28.0. The molecule has 2 aromatic rings. The fourth-order valence-corrected chi connectivity index (χ4v) is 11.3. The van der Waals surface area contributed by atoms with Gasteiger partial charge < -0.3 is 18.9 Å². The summed E-state index contributed by atoms with van der Waals surface area (Å²) < 4.78 is 40.4. The Bertz CT molecular complexity index is 1360. The largest absolute Gasteiger partial charge is 0.381 e. The average molecular weight is 563 g/mol. The molecule has 2 spiro atoms. The summed E-state index contributed by atoms with van der Waals surface area (Å²) in [5.74, 6) is 1.46. The molecule has 7 heteroatoms. The summed E-state index contributed by atoms with van der Waals surface area (Å²) in [6, 6.07) is 6.65. The molecule has 3 heterocycles. The van der Waals surface area contributed by atoms with Gasteiger partial charge in [0.1, 0.15) is 12.6 Å². The van der Waals surface area contributed by atoms with Gasteiger partial charge in [-0.2, -0.15) is 5.10 Å². The number of nitrogens with zero attached hydrogens (tertiary/aromatic N) is 2. The zero-order valence-corrected chi connectivity index (χ0v) is 24.7. The second-order valence-corrected chi connectivity index (χ2v) is 14.5. The van der Waals surface area contributed by atoms with Crippen molar-refractivity contribution in [2.24, 2.45) is 39.4 Å². The van der Waals surface area contributed by atoms with Gasteiger partial charge in [0, 0.05) is 24.5 Å². The summed E-state index contributed by atoms with van der Waals surface area (Å²) in [6.07, 6.45) is 12.5. The number of allylic oxidation sites excluding steroid dienone is 1. The first kappa shape index (κ1) is 26.6. The van der Waals surface area contributed by atoms with Crippen molar-refractivity contribution < 1.29 is 23.3 Å². The highest BCUT2D eigenvalue weighted by molar-refractivity contribution is 5.61. The molecule has 2 aliphatic heterocycles. The van der Waals surface area contributed by atoms with Crippen LogP contribution in [0, 0.1) is 45.2 Å². The van der Waals surface area contributed by atoms with E-state index in [1.807, 2.05) is 23.0 Å². The fraction of sp³-hybridized carbons (Fsp3) is 0.676. The lowest BCUT2D eigenvalue weighted by Crippen LogP contribution is -2.61. The van der Waals surface area contributed by atoms with Crippen LogP contribution in [-0.4, -0.2) is 56.2 Å². The van der Waals surface area contributed by atoms with Crippen LogP contribution < -0.4 is 0 Å². The molecule has 6 nitrogen and oxygen atoms in total. The third-order valence-electron chi connectivity index (χ3n) is 13.1. The zero-order valence-electron chi connectivity index (χ0n) is 24.7. The second-order valence-electron chi connectivity index (χ2n) is 14.5. The number of rotatable bonds is 4. The molecular formula is C34H43FN2O4. The van der Waals surface area contributed by atoms with Crippen molar-refractivity contribution in [3.05, 3.63) is 53.1 Å². The first-order chi connectivity index (χ1) is 19.8. The summed E-state index contributed by atoms with van der Waals surface area (Å²) in [5, 5.41) is 4.79. The fourth-order valence-electron chi connectivity index (χ4n) is 11.3. The molecule has 0 radical (unpaired) electrons. The molecule has 1 aromatic heterocycles. The number of halogens is 1. The van der Waals surface area contributed by atoms with Crippen LogP contribution in [0.1, 0.15) is 63.6 Å². The Kier molecular flexibility index (Phi) is 5.97. The van der Waals surface area contributed by atoms with Crippen molar-refractivity contribution in [2.45, 2.75) is 64.9 Å². The molecule has 3 saturated carbocycles. The summed E-state index contributed by atoms with van der Waals surface area (Å²) in [6.45, 7) is 8.84. The van der Waals surface area contributed by atoms with E-state index in [0.29, 0.717) is 24.5 Å². The van der Waals surface area contributed by atoms with Crippen LogP contribution in [-0.2, 0) is 25.4 Å². The molecule has 2 saturated heterocycles. The van der Waals surface area contributed by atoms with Crippen LogP contribution in [0.25, 0.3) is 11.8 Å². The standard InChI is InChI=1S/C34H43FN2O4/c1-31-15-22-17-36-37(25-7-5-24(35)6-8-25)28(22)14-23(31)4-9-26-27-10-11-34(20-40-19-33(34)12-13-39-18-33)32(27,2)16-29(30(26)31)41-21-38-3/h5-8,14,17,26-27,29-30H,4,9-13,15-16,18-21H2,1-3H3/t26?,27?,29-,30?,31-,32?,33?,34+/m0/s1. The van der Waals surface area contributed by atoms with Gasteiger partial charge in [-0.05, 0) is 109 Å². The molecule has 4 aliphatic carbocycles. The van der Waals surface area contributed by atoms with Crippen LogP contribution >= 0.6 is 0 Å². The number of ether oxygens (including phenoxy) is 4. The van der Waals surface area contributed by atoms with Crippen LogP contribution in [0.3, 0.4) is 0 Å². The quantitative estimate of drug-likeness (QED) is 0.415. The van der Waals surface area contributed by atoms with E-state index in [2.05, 4.69) is 19.9 Å². The van der Waals surface area contributed by atoms with Crippen molar-refractivity contribution in [3.8, 4) is 5.69 Å². The van der Waals surface area contributed by atoms with Gasteiger partial charge in [-0.1, -0.05) is 19.4 Å². The predicted octanol–water partition coefficient (Wildman–Crippen LogP) is 6.22. The minimum atomic E-state index is -0.227. The Hall–Kier alpha value is -2.06. The lowest BCUT2D eigenvalue weighted by atomic mass is 9.42. The highest BCUT2D eigenvalue weighted by Gasteiger charge is 2.73. The van der Waals surface area contributed by atoms with Crippen LogP contribution in [0.2, 0.25) is 0 Å². The predicted molar refractivity (Wildman–Crippen MR) is 153 cm³/mol. The summed E-state index contributed by atoms with van der Waals surface area (Å²) in [7, 11) is 1.74. The maximum absolute atomic E-state index is 13.6. The molecule has 0 amide bonds. The SMILES string of the molecule is COCO[C@H]1CC2(C)C(CC[C@@]23COCC32CCOC2)C2CCC3=Cc4c(cnn4-c4ccc(F)cc4)C[C@]3(C)C21. The lowest BCUT2D eigenvalue weighted by Gasteiger charge is -2.63. The summed E-state index contributed by atoms with van der Waals surface area (Å²) >= 11 is 0. The molecule has 0 N–H and O–H groups in total. The van der Waals surface area contributed by atoms with Gasteiger partial charge in [0.05, 0.1) is 43.5 Å². The third-order valence-corrected chi connectivity index (χ3v) is 13.1. The van der Waals surface area contributed by atoms with E-state index >= 15 is 0 Å². The average Bonchev–Trinajstić information content (AvgIpc) is 3.74. The van der Waals surface area contributed by atoms with Crippen molar-refractivity contribution in [3.63, 3.8) is 0 Å². The monoisotopic (exact) mass is 562 g/mol. The van der Waals surface area contributed by atoms with Gasteiger partial charge in [-0.25, -0.2) is 9.07 Å². The molecule has 8 atom stereocenters. The van der Waals surface area contributed by atoms with Gasteiger partial charge in [-0.3, -0.25) is 0 Å². The van der Waals surface area contributed by atoms with Crippen molar-refractivity contribution in [1.29, 1.82) is 0 Å². The lowest BCUT2D eigenvalue weighted by molar-refractivity contribution is -0.201. The molecule has 220 valence electrons. The number of methoxy groups -OCH3 is 1. The molecule has 8 rings (SSSR count). The maximum Gasteiger partial charge on any atom is 0.146 e. The normalized spacial score (nSPS) is 42.7. The maximum atomic E-state index is 13.6. The Morgan fingerprint density at radius 2 is 1.90 bits per heavy atom. The van der Waals surface area contributed by atoms with Crippen molar-refractivity contribution >= 4 is 6.08 Å². The molecule has 5 fully saturated rings. The Balaban J connectivity index is 1.18. The smallest absolute Gasteiger partial charge is 0.146 e. The number of hydrogen-bond acceptors (Lipinski definition) is 5. The minimum Gasteiger partial charge on any atom is -0.381 e. The number of hydrogen-bond donors (Lipinski definition) is 0. The molecule has 0 bridgehead atoms. The van der Waals surface area contributed by atoms with Crippen molar-refractivity contribution in [2.75, 3.05) is 40.3 Å². The van der Waals surface area contributed by atoms with E-state index in [1.165, 1.54) is 42.5 Å². The van der Waals surface area contributed by atoms with Crippen LogP contribution in [0.4, 0.5) is 4.39 Å². The number of aromatic nitrogens is 2. The van der Waals surface area contributed by atoms with E-state index < -0.39 is 0 Å². The van der Waals surface area contributed by atoms with E-state index in [9.17, 15) is 4.39 Å². The van der Waals surface area contributed by atoms with Gasteiger partial charge in [0.25, 0.3) is 0 Å². The van der Waals surface area contributed by atoms with Gasteiger partial charge in [-0.15, -0.1) is 0 Å². The first-order valence-electron chi connectivity index (χ1n) is 15.6. The molecule has 5 unspecified atom stereocenters. The van der Waals surface area contributed by atoms with E-state index in [4.69, 9.17) is 24.0 Å². The van der Waals surface area contributed by atoms with E-state index in [0.717, 1.165) is 63.5 Å². The molecule has 41 heavy (non-hydrogen) atoms. The Morgan fingerprint density at radius 3 is 2.68 bits per heavy atom. The van der Waals surface area contributed by atoms with Crippen LogP contribution in [0.15, 0.2) is 36.0 Å². The van der Waals surface area contributed by atoms with Gasteiger partial charge >= 0.3 is 0 Å². The topological polar surface area (TPSA) is 54.7 Å². The highest BCUT2D eigenvalue weighted by Crippen LogP contribution is 2.75. The van der Waals surface area contributed by atoms with E-state index in [1.54, 1.807) is 7.11 Å². The Morgan fingerprint density at radius 1 is 1.07 bits per heavy atom. The van der Waals surface area contributed by atoms with Crippen LogP contribution in [0.5, 0.6) is 0 Å². The number of benzene rings is 1. The Labute approximate surface area is 242 Å².